The van der Waals surface area contributed by atoms with Crippen LogP contribution in [0.4, 0.5) is 0 Å². The standard InChI is InChI=1S/C25H19N3O/c1-2-28-22-13-7-6-12-21(22)23(24(28)19-10-4-3-5-11-19)25(29)20(16-26)15-18-9-8-14-27-17-18/h3-15,17H,2H2,1H3/b20-15+. The van der Waals surface area contributed by atoms with Crippen molar-refractivity contribution in [3.63, 3.8) is 0 Å². The van der Waals surface area contributed by atoms with Crippen molar-refractivity contribution < 1.29 is 4.79 Å². The molecule has 4 nitrogen and oxygen atoms in total. The van der Waals surface area contributed by atoms with Crippen LogP contribution in [0.15, 0.2) is 84.7 Å². The van der Waals surface area contributed by atoms with E-state index in [-0.39, 0.29) is 11.4 Å². The molecule has 29 heavy (non-hydrogen) atoms. The third-order valence-corrected chi connectivity index (χ3v) is 4.92. The zero-order valence-electron chi connectivity index (χ0n) is 16.0. The second-order valence-corrected chi connectivity index (χ2v) is 6.64. The number of para-hydroxylation sites is 1. The van der Waals surface area contributed by atoms with E-state index in [9.17, 15) is 10.1 Å². The fourth-order valence-corrected chi connectivity index (χ4v) is 3.67. The molecule has 0 N–H and O–H groups in total. The fourth-order valence-electron chi connectivity index (χ4n) is 3.67. The molecule has 0 amide bonds. The Morgan fingerprint density at radius 2 is 1.83 bits per heavy atom. The van der Waals surface area contributed by atoms with Crippen LogP contribution in [-0.2, 0) is 6.54 Å². The van der Waals surface area contributed by atoms with Crippen LogP contribution in [0.2, 0.25) is 0 Å². The smallest absolute Gasteiger partial charge is 0.206 e. The fraction of sp³-hybridized carbons (Fsp3) is 0.0800. The summed E-state index contributed by atoms with van der Waals surface area (Å²) in [6.45, 7) is 2.77. The Balaban J connectivity index is 1.99. The van der Waals surface area contributed by atoms with Gasteiger partial charge in [0.25, 0.3) is 0 Å². The number of rotatable bonds is 5. The molecule has 2 aromatic carbocycles. The highest BCUT2D eigenvalue weighted by Gasteiger charge is 2.25. The number of benzene rings is 2. The van der Waals surface area contributed by atoms with Gasteiger partial charge in [0.1, 0.15) is 11.6 Å². The predicted molar refractivity (Wildman–Crippen MR) is 115 cm³/mol. The lowest BCUT2D eigenvalue weighted by molar-refractivity contribution is 0.104. The molecule has 4 aromatic rings. The molecule has 2 aromatic heterocycles. The van der Waals surface area contributed by atoms with E-state index >= 15 is 0 Å². The zero-order valence-corrected chi connectivity index (χ0v) is 16.0. The molecule has 4 heteroatoms. The third-order valence-electron chi connectivity index (χ3n) is 4.92. The van der Waals surface area contributed by atoms with E-state index < -0.39 is 0 Å². The molecule has 0 aliphatic carbocycles. The number of hydrogen-bond donors (Lipinski definition) is 0. The van der Waals surface area contributed by atoms with E-state index in [0.29, 0.717) is 12.1 Å². The van der Waals surface area contributed by atoms with Gasteiger partial charge in [-0.25, -0.2) is 0 Å². The minimum absolute atomic E-state index is 0.0918. The van der Waals surface area contributed by atoms with Gasteiger partial charge in [0.2, 0.25) is 5.78 Å². The number of pyridine rings is 1. The molecule has 0 fully saturated rings. The first kappa shape index (κ1) is 18.4. The number of fused-ring (bicyclic) bond motifs is 1. The maximum Gasteiger partial charge on any atom is 0.206 e. The molecule has 2 heterocycles. The SMILES string of the molecule is CCn1c(-c2ccccc2)c(C(=O)/C(C#N)=C/c2cccnc2)c2ccccc21. The summed E-state index contributed by atoms with van der Waals surface area (Å²) in [5.41, 5.74) is 4.15. The number of allylic oxidation sites excluding steroid dienone is 1. The number of nitriles is 1. The van der Waals surface area contributed by atoms with E-state index in [1.54, 1.807) is 24.5 Å². The van der Waals surface area contributed by atoms with Crippen LogP contribution in [0.5, 0.6) is 0 Å². The average molecular weight is 377 g/mol. The Labute approximate surface area is 169 Å². The number of aromatic nitrogens is 2. The summed E-state index contributed by atoms with van der Waals surface area (Å²) in [6, 6.07) is 23.4. The maximum absolute atomic E-state index is 13.6. The lowest BCUT2D eigenvalue weighted by Gasteiger charge is -2.10. The van der Waals surface area contributed by atoms with E-state index in [4.69, 9.17) is 0 Å². The van der Waals surface area contributed by atoms with E-state index in [2.05, 4.69) is 22.5 Å². The number of carbonyl (C=O) groups is 1. The second-order valence-electron chi connectivity index (χ2n) is 6.64. The summed E-state index contributed by atoms with van der Waals surface area (Å²) in [4.78, 5) is 17.7. The summed E-state index contributed by atoms with van der Waals surface area (Å²) < 4.78 is 2.14. The normalized spacial score (nSPS) is 11.4. The topological polar surface area (TPSA) is 58.7 Å². The van der Waals surface area contributed by atoms with Crippen molar-refractivity contribution in [2.75, 3.05) is 0 Å². The molecule has 4 rings (SSSR count). The number of ketones is 1. The third kappa shape index (κ3) is 3.35. The van der Waals surface area contributed by atoms with Crippen LogP contribution in [-0.4, -0.2) is 15.3 Å². The number of aryl methyl sites for hydroxylation is 1. The molecular formula is C25H19N3O. The van der Waals surface area contributed by atoms with E-state index in [1.807, 2.05) is 60.7 Å². The van der Waals surface area contributed by atoms with Crippen molar-refractivity contribution in [1.29, 1.82) is 5.26 Å². The molecule has 0 atom stereocenters. The highest BCUT2D eigenvalue weighted by molar-refractivity contribution is 6.23. The van der Waals surface area contributed by atoms with Gasteiger partial charge in [0, 0.05) is 29.8 Å². The molecular weight excluding hydrogens is 358 g/mol. The van der Waals surface area contributed by atoms with Gasteiger partial charge in [-0.1, -0.05) is 54.6 Å². The molecule has 0 radical (unpaired) electrons. The largest absolute Gasteiger partial charge is 0.340 e. The Morgan fingerprint density at radius 1 is 1.07 bits per heavy atom. The monoisotopic (exact) mass is 377 g/mol. The summed E-state index contributed by atoms with van der Waals surface area (Å²) in [5, 5.41) is 10.6. The number of nitrogens with zero attached hydrogens (tertiary/aromatic N) is 3. The maximum atomic E-state index is 13.6. The summed E-state index contributed by atoms with van der Waals surface area (Å²) in [5.74, 6) is -0.279. The van der Waals surface area contributed by atoms with Gasteiger partial charge in [0.05, 0.1) is 11.3 Å². The summed E-state index contributed by atoms with van der Waals surface area (Å²) >= 11 is 0. The summed E-state index contributed by atoms with van der Waals surface area (Å²) in [6.07, 6.45) is 4.90. The number of Topliss-reactive ketones (excluding diaryl/α,β-unsaturated/α-hetero) is 1. The van der Waals surface area contributed by atoms with Gasteiger partial charge >= 0.3 is 0 Å². The molecule has 0 aliphatic heterocycles. The minimum atomic E-state index is -0.279. The van der Waals surface area contributed by atoms with Gasteiger partial charge in [0.15, 0.2) is 0 Å². The van der Waals surface area contributed by atoms with Crippen LogP contribution >= 0.6 is 0 Å². The first-order valence-corrected chi connectivity index (χ1v) is 9.47. The lowest BCUT2D eigenvalue weighted by atomic mass is 9.96. The summed E-state index contributed by atoms with van der Waals surface area (Å²) in [7, 11) is 0. The molecule has 0 aliphatic rings. The second kappa shape index (κ2) is 7.95. The van der Waals surface area contributed by atoms with Crippen LogP contribution < -0.4 is 0 Å². The van der Waals surface area contributed by atoms with Crippen molar-refractivity contribution in [3.8, 4) is 17.3 Å². The van der Waals surface area contributed by atoms with Gasteiger partial charge < -0.3 is 4.57 Å². The Bertz CT molecular complexity index is 1250. The minimum Gasteiger partial charge on any atom is -0.340 e. The molecule has 0 unspecified atom stereocenters. The number of hydrogen-bond acceptors (Lipinski definition) is 3. The Morgan fingerprint density at radius 3 is 2.52 bits per heavy atom. The van der Waals surface area contributed by atoms with Crippen molar-refractivity contribution in [1.82, 2.24) is 9.55 Å². The first-order valence-electron chi connectivity index (χ1n) is 9.47. The van der Waals surface area contributed by atoms with Crippen LogP contribution in [0, 0.1) is 11.3 Å². The zero-order chi connectivity index (χ0) is 20.2. The quantitative estimate of drug-likeness (QED) is 0.262. The van der Waals surface area contributed by atoms with Crippen molar-refractivity contribution in [3.05, 3.63) is 95.8 Å². The van der Waals surface area contributed by atoms with Gasteiger partial charge in [-0.15, -0.1) is 0 Å². The van der Waals surface area contributed by atoms with Gasteiger partial charge in [-0.3, -0.25) is 9.78 Å². The Kier molecular flexibility index (Phi) is 5.05. The number of carbonyl (C=O) groups excluding carboxylic acids is 1. The molecule has 140 valence electrons. The lowest BCUT2D eigenvalue weighted by Crippen LogP contribution is -2.05. The molecule has 0 bridgehead atoms. The molecule has 0 spiro atoms. The van der Waals surface area contributed by atoms with Crippen molar-refractivity contribution in [2.24, 2.45) is 0 Å². The molecule has 0 saturated heterocycles. The van der Waals surface area contributed by atoms with Gasteiger partial charge in [-0.2, -0.15) is 5.26 Å². The van der Waals surface area contributed by atoms with E-state index in [0.717, 1.165) is 27.7 Å². The predicted octanol–water partition coefficient (Wildman–Crippen LogP) is 5.51. The highest BCUT2D eigenvalue weighted by Crippen LogP contribution is 2.35. The highest BCUT2D eigenvalue weighted by atomic mass is 16.1. The molecule has 0 saturated carbocycles. The first-order chi connectivity index (χ1) is 14.2. The van der Waals surface area contributed by atoms with Crippen molar-refractivity contribution >= 4 is 22.8 Å². The van der Waals surface area contributed by atoms with Crippen molar-refractivity contribution in [2.45, 2.75) is 13.5 Å². The van der Waals surface area contributed by atoms with E-state index in [1.165, 1.54) is 0 Å². The van der Waals surface area contributed by atoms with Crippen LogP contribution in [0.25, 0.3) is 28.2 Å². The average Bonchev–Trinajstić information content (AvgIpc) is 3.12. The van der Waals surface area contributed by atoms with Crippen LogP contribution in [0.3, 0.4) is 0 Å². The Hall–Kier alpha value is -3.97. The van der Waals surface area contributed by atoms with Crippen LogP contribution in [0.1, 0.15) is 22.8 Å². The van der Waals surface area contributed by atoms with Gasteiger partial charge in [-0.05, 0) is 36.3 Å².